The number of carbonyl (C=O) groups excluding carboxylic acids is 1. The summed E-state index contributed by atoms with van der Waals surface area (Å²) in [4.78, 5) is 16.8. The molecule has 0 aliphatic rings. The van der Waals surface area contributed by atoms with Crippen molar-refractivity contribution in [1.29, 1.82) is 0 Å². The second-order valence-electron chi connectivity index (χ2n) is 5.65. The molecule has 128 valence electrons. The van der Waals surface area contributed by atoms with E-state index in [0.717, 1.165) is 29.9 Å². The fourth-order valence-electron chi connectivity index (χ4n) is 2.61. The van der Waals surface area contributed by atoms with Crippen molar-refractivity contribution in [3.05, 3.63) is 76.8 Å². The molecule has 0 aliphatic carbocycles. The Hall–Kier alpha value is -2.66. The van der Waals surface area contributed by atoms with Gasteiger partial charge in [-0.3, -0.25) is 9.78 Å². The van der Waals surface area contributed by atoms with Gasteiger partial charge in [0.1, 0.15) is 0 Å². The summed E-state index contributed by atoms with van der Waals surface area (Å²) in [7, 11) is 0. The molecule has 0 spiro atoms. The van der Waals surface area contributed by atoms with Crippen molar-refractivity contribution >= 4 is 17.5 Å². The van der Waals surface area contributed by atoms with Crippen molar-refractivity contribution in [2.75, 3.05) is 0 Å². The van der Waals surface area contributed by atoms with Crippen LogP contribution in [0.3, 0.4) is 0 Å². The molecular weight excluding hydrogens is 336 g/mol. The summed E-state index contributed by atoms with van der Waals surface area (Å²) in [6.07, 6.45) is 5.00. The Morgan fingerprint density at radius 3 is 2.68 bits per heavy atom. The molecule has 0 bridgehead atoms. The van der Waals surface area contributed by atoms with Crippen LogP contribution in [0.25, 0.3) is 5.69 Å². The second-order valence-corrected chi connectivity index (χ2v) is 6.08. The van der Waals surface area contributed by atoms with Gasteiger partial charge in [-0.05, 0) is 42.8 Å². The summed E-state index contributed by atoms with van der Waals surface area (Å²) in [6, 6.07) is 13.0. The van der Waals surface area contributed by atoms with E-state index in [-0.39, 0.29) is 5.91 Å². The molecule has 0 atom stereocenters. The Morgan fingerprint density at radius 1 is 1.20 bits per heavy atom. The average molecular weight is 355 g/mol. The molecule has 0 aliphatic heterocycles. The zero-order valence-corrected chi connectivity index (χ0v) is 14.7. The van der Waals surface area contributed by atoms with Crippen LogP contribution in [0.15, 0.2) is 54.9 Å². The highest BCUT2D eigenvalue weighted by atomic mass is 35.5. The maximum Gasteiger partial charge on any atom is 0.255 e. The first-order chi connectivity index (χ1) is 12.2. The van der Waals surface area contributed by atoms with Gasteiger partial charge in [-0.2, -0.15) is 5.10 Å². The molecule has 6 heteroatoms. The number of pyridine rings is 1. The van der Waals surface area contributed by atoms with Crippen LogP contribution < -0.4 is 5.32 Å². The number of hydrogen-bond acceptors (Lipinski definition) is 3. The van der Waals surface area contributed by atoms with E-state index < -0.39 is 0 Å². The van der Waals surface area contributed by atoms with Crippen LogP contribution in [0.5, 0.6) is 0 Å². The summed E-state index contributed by atoms with van der Waals surface area (Å²) in [5.41, 5.74) is 3.19. The summed E-state index contributed by atoms with van der Waals surface area (Å²) >= 11 is 5.96. The Morgan fingerprint density at radius 2 is 2.00 bits per heavy atom. The number of nitrogens with one attached hydrogen (secondary N) is 1. The van der Waals surface area contributed by atoms with E-state index in [2.05, 4.69) is 22.3 Å². The first kappa shape index (κ1) is 17.2. The Kier molecular flexibility index (Phi) is 5.46. The third-order valence-corrected chi connectivity index (χ3v) is 4.08. The zero-order valence-electron chi connectivity index (χ0n) is 13.9. The van der Waals surface area contributed by atoms with E-state index in [4.69, 9.17) is 11.6 Å². The molecule has 5 nitrogen and oxygen atoms in total. The van der Waals surface area contributed by atoms with Gasteiger partial charge in [-0.25, -0.2) is 4.68 Å². The van der Waals surface area contributed by atoms with Crippen molar-refractivity contribution in [2.45, 2.75) is 26.3 Å². The fraction of sp³-hybridized carbons (Fsp3) is 0.211. The molecular formula is C19H19ClN4O. The lowest BCUT2D eigenvalue weighted by Crippen LogP contribution is -2.24. The highest BCUT2D eigenvalue weighted by Crippen LogP contribution is 2.19. The van der Waals surface area contributed by atoms with Gasteiger partial charge < -0.3 is 5.32 Å². The smallest absolute Gasteiger partial charge is 0.255 e. The number of rotatable bonds is 6. The van der Waals surface area contributed by atoms with Crippen LogP contribution in [0.1, 0.15) is 35.1 Å². The Labute approximate surface area is 151 Å². The summed E-state index contributed by atoms with van der Waals surface area (Å²) in [5.74, 6) is -0.144. The molecule has 2 aromatic heterocycles. The van der Waals surface area contributed by atoms with E-state index in [1.807, 2.05) is 42.5 Å². The minimum absolute atomic E-state index is 0.144. The minimum atomic E-state index is -0.144. The number of hydrogen-bond donors (Lipinski definition) is 1. The van der Waals surface area contributed by atoms with E-state index >= 15 is 0 Å². The van der Waals surface area contributed by atoms with Crippen LogP contribution >= 0.6 is 11.6 Å². The summed E-state index contributed by atoms with van der Waals surface area (Å²) in [5, 5.41) is 7.99. The van der Waals surface area contributed by atoms with Gasteiger partial charge in [0.2, 0.25) is 0 Å². The standard InChI is InChI=1S/C19H19ClN4O/c1-2-5-18-17(19(25)22-12-15-6-3-4-11-21-15)13-23-24(18)16-9-7-14(20)8-10-16/h3-4,6-11,13H,2,5,12H2,1H3,(H,22,25). The zero-order chi connectivity index (χ0) is 17.6. The molecule has 0 saturated heterocycles. The largest absolute Gasteiger partial charge is 0.346 e. The highest BCUT2D eigenvalue weighted by molar-refractivity contribution is 6.30. The van der Waals surface area contributed by atoms with E-state index in [9.17, 15) is 4.79 Å². The number of carbonyl (C=O) groups is 1. The van der Waals surface area contributed by atoms with Gasteiger partial charge >= 0.3 is 0 Å². The van der Waals surface area contributed by atoms with Crippen LogP contribution in [0.2, 0.25) is 5.02 Å². The van der Waals surface area contributed by atoms with Gasteiger partial charge in [0.25, 0.3) is 5.91 Å². The lowest BCUT2D eigenvalue weighted by molar-refractivity contribution is 0.0949. The third-order valence-electron chi connectivity index (χ3n) is 3.83. The monoisotopic (exact) mass is 354 g/mol. The van der Waals surface area contributed by atoms with Crippen LogP contribution in [-0.2, 0) is 13.0 Å². The second kappa shape index (κ2) is 7.94. The van der Waals surface area contributed by atoms with Crippen molar-refractivity contribution in [3.8, 4) is 5.69 Å². The number of halogens is 1. The van der Waals surface area contributed by atoms with E-state index in [0.29, 0.717) is 17.1 Å². The van der Waals surface area contributed by atoms with Crippen molar-refractivity contribution in [1.82, 2.24) is 20.1 Å². The average Bonchev–Trinajstić information content (AvgIpc) is 3.05. The minimum Gasteiger partial charge on any atom is -0.346 e. The molecule has 0 unspecified atom stereocenters. The topological polar surface area (TPSA) is 59.8 Å². The van der Waals surface area contributed by atoms with E-state index in [1.54, 1.807) is 17.1 Å². The third kappa shape index (κ3) is 4.06. The maximum absolute atomic E-state index is 12.6. The molecule has 0 fully saturated rings. The predicted molar refractivity (Wildman–Crippen MR) is 98.0 cm³/mol. The quantitative estimate of drug-likeness (QED) is 0.732. The Bertz CT molecular complexity index is 844. The van der Waals surface area contributed by atoms with Gasteiger partial charge in [0.05, 0.1) is 35.4 Å². The summed E-state index contributed by atoms with van der Waals surface area (Å²) < 4.78 is 1.80. The molecule has 25 heavy (non-hydrogen) atoms. The number of amides is 1. The molecule has 0 saturated carbocycles. The van der Waals surface area contributed by atoms with E-state index in [1.165, 1.54) is 0 Å². The lowest BCUT2D eigenvalue weighted by atomic mass is 10.1. The molecule has 1 aromatic carbocycles. The van der Waals surface area contributed by atoms with Crippen molar-refractivity contribution in [2.24, 2.45) is 0 Å². The van der Waals surface area contributed by atoms with Crippen molar-refractivity contribution in [3.63, 3.8) is 0 Å². The number of benzene rings is 1. The predicted octanol–water partition coefficient (Wildman–Crippen LogP) is 3.80. The Balaban J connectivity index is 1.83. The molecule has 0 radical (unpaired) electrons. The van der Waals surface area contributed by atoms with Gasteiger partial charge in [-0.15, -0.1) is 0 Å². The molecule has 1 amide bonds. The van der Waals surface area contributed by atoms with Crippen LogP contribution in [0.4, 0.5) is 0 Å². The van der Waals surface area contributed by atoms with Crippen LogP contribution in [0, 0.1) is 0 Å². The number of aromatic nitrogens is 3. The van der Waals surface area contributed by atoms with Crippen LogP contribution in [-0.4, -0.2) is 20.7 Å². The maximum atomic E-state index is 12.6. The fourth-order valence-corrected chi connectivity index (χ4v) is 2.74. The molecule has 2 heterocycles. The molecule has 1 N–H and O–H groups in total. The first-order valence-electron chi connectivity index (χ1n) is 8.20. The molecule has 3 rings (SSSR count). The number of nitrogens with zero attached hydrogens (tertiary/aromatic N) is 3. The first-order valence-corrected chi connectivity index (χ1v) is 8.57. The van der Waals surface area contributed by atoms with Gasteiger partial charge in [0.15, 0.2) is 0 Å². The lowest BCUT2D eigenvalue weighted by Gasteiger charge is -2.09. The highest BCUT2D eigenvalue weighted by Gasteiger charge is 2.17. The summed E-state index contributed by atoms with van der Waals surface area (Å²) in [6.45, 7) is 2.46. The molecule has 3 aromatic rings. The SMILES string of the molecule is CCCc1c(C(=O)NCc2ccccn2)cnn1-c1ccc(Cl)cc1. The van der Waals surface area contributed by atoms with Crippen molar-refractivity contribution < 1.29 is 4.79 Å². The van der Waals surface area contributed by atoms with Gasteiger partial charge in [0, 0.05) is 11.2 Å². The normalized spacial score (nSPS) is 10.6. The van der Waals surface area contributed by atoms with Gasteiger partial charge in [-0.1, -0.05) is 31.0 Å².